The fourth-order valence-electron chi connectivity index (χ4n) is 8.59. The predicted octanol–water partition coefficient (Wildman–Crippen LogP) is 17.3. The quantitative estimate of drug-likeness (QED) is 0.122. The summed E-state index contributed by atoms with van der Waals surface area (Å²) in [6.45, 7) is 4.29. The lowest BCUT2D eigenvalue weighted by atomic mass is 10.0. The van der Waals surface area contributed by atoms with Crippen LogP contribution in [0.3, 0.4) is 0 Å². The van der Waals surface area contributed by atoms with Crippen molar-refractivity contribution in [1.29, 1.82) is 0 Å². The van der Waals surface area contributed by atoms with Gasteiger partial charge in [-0.2, -0.15) is 0 Å². The van der Waals surface area contributed by atoms with Crippen molar-refractivity contribution in [2.75, 3.05) is 19.6 Å². The number of para-hydroxylation sites is 4. The molecule has 4 nitrogen and oxygen atoms in total. The Morgan fingerprint density at radius 3 is 0.875 bits per heavy atom. The van der Waals surface area contributed by atoms with Crippen molar-refractivity contribution in [2.24, 2.45) is 0 Å². The van der Waals surface area contributed by atoms with Gasteiger partial charge in [0, 0.05) is 62.3 Å². The normalized spacial score (nSPS) is 11.0. The zero-order valence-corrected chi connectivity index (χ0v) is 36.0. The minimum Gasteiger partial charge on any atom is -0.311 e. The molecule has 0 aliphatic heterocycles. The van der Waals surface area contributed by atoms with E-state index in [1.54, 1.807) is 0 Å². The van der Waals surface area contributed by atoms with Gasteiger partial charge in [-0.1, -0.05) is 139 Å². The second kappa shape index (κ2) is 17.9. The summed E-state index contributed by atoms with van der Waals surface area (Å²) in [6, 6.07) is 91.3. The largest absolute Gasteiger partial charge is 0.311 e. The van der Waals surface area contributed by atoms with Crippen molar-refractivity contribution in [1.82, 2.24) is 0 Å². The van der Waals surface area contributed by atoms with E-state index in [4.69, 9.17) is 0 Å². The highest BCUT2D eigenvalue weighted by Gasteiger charge is 2.25. The van der Waals surface area contributed by atoms with Crippen LogP contribution in [0.2, 0.25) is 0 Å². The van der Waals surface area contributed by atoms with Gasteiger partial charge in [-0.25, -0.2) is 0 Å². The zero-order chi connectivity index (χ0) is 43.2. The maximum atomic E-state index is 2.43. The fraction of sp³-hybridized carbons (Fsp3) is 0.0333. The number of anilines is 12. The van der Waals surface area contributed by atoms with E-state index in [1.807, 2.05) is 0 Å². The lowest BCUT2D eigenvalue weighted by Crippen LogP contribution is -2.18. The Balaban J connectivity index is 1.16. The highest BCUT2D eigenvalue weighted by Crippen LogP contribution is 2.50. The van der Waals surface area contributed by atoms with Gasteiger partial charge in [-0.3, -0.25) is 0 Å². The molecule has 0 N–H and O–H groups in total. The summed E-state index contributed by atoms with van der Waals surface area (Å²) in [5.74, 6) is 0. The predicted molar refractivity (Wildman–Crippen MR) is 272 cm³/mol. The summed E-state index contributed by atoms with van der Waals surface area (Å²) in [5, 5.41) is 2.31. The molecule has 0 spiro atoms. The molecule has 0 atom stereocenters. The van der Waals surface area contributed by atoms with Gasteiger partial charge >= 0.3 is 0 Å². The van der Waals surface area contributed by atoms with Crippen LogP contribution in [-0.2, 0) is 0 Å². The number of hydrogen-bond acceptors (Lipinski definition) is 4. The van der Waals surface area contributed by atoms with Crippen LogP contribution in [0.25, 0.3) is 10.8 Å². The first-order valence-corrected chi connectivity index (χ1v) is 21.8. The fourth-order valence-corrected chi connectivity index (χ4v) is 8.59. The van der Waals surface area contributed by atoms with E-state index in [1.165, 1.54) is 11.1 Å². The molecule has 0 bridgehead atoms. The van der Waals surface area contributed by atoms with Gasteiger partial charge in [0.2, 0.25) is 0 Å². The topological polar surface area (TPSA) is 13.0 Å². The lowest BCUT2D eigenvalue weighted by Gasteiger charge is -2.35. The molecule has 0 amide bonds. The molecule has 0 unspecified atom stereocenters. The number of nitrogens with zero attached hydrogens (tertiary/aromatic N) is 4. The van der Waals surface area contributed by atoms with Crippen molar-refractivity contribution >= 4 is 79.0 Å². The molecule has 10 aromatic carbocycles. The van der Waals surface area contributed by atoms with Gasteiger partial charge in [0.05, 0.1) is 11.4 Å². The third-order valence-corrected chi connectivity index (χ3v) is 11.7. The molecule has 0 aliphatic carbocycles. The van der Waals surface area contributed by atoms with E-state index in [0.717, 1.165) is 79.0 Å². The zero-order valence-electron chi connectivity index (χ0n) is 36.0. The smallest absolute Gasteiger partial charge is 0.0781 e. The van der Waals surface area contributed by atoms with Crippen LogP contribution < -0.4 is 19.6 Å². The maximum Gasteiger partial charge on any atom is 0.0781 e. The number of aryl methyl sites for hydroxylation is 2. The number of benzene rings is 10. The average Bonchev–Trinajstić information content (AvgIpc) is 3.36. The van der Waals surface area contributed by atoms with Crippen molar-refractivity contribution < 1.29 is 0 Å². The molecule has 0 radical (unpaired) electrons. The summed E-state index contributed by atoms with van der Waals surface area (Å²) < 4.78 is 0. The van der Waals surface area contributed by atoms with Crippen LogP contribution in [0.1, 0.15) is 11.1 Å². The summed E-state index contributed by atoms with van der Waals surface area (Å²) in [6.07, 6.45) is 0. The van der Waals surface area contributed by atoms with Gasteiger partial charge in [0.1, 0.15) is 0 Å². The molecule has 10 rings (SSSR count). The van der Waals surface area contributed by atoms with Crippen LogP contribution in [0.4, 0.5) is 68.2 Å². The monoisotopic (exact) mass is 824 g/mol. The Labute approximate surface area is 376 Å². The highest BCUT2D eigenvalue weighted by molar-refractivity contribution is 6.07. The van der Waals surface area contributed by atoms with Crippen molar-refractivity contribution in [3.63, 3.8) is 0 Å². The third kappa shape index (κ3) is 8.09. The van der Waals surface area contributed by atoms with E-state index >= 15 is 0 Å². The maximum absolute atomic E-state index is 2.43. The van der Waals surface area contributed by atoms with E-state index in [0.29, 0.717) is 0 Å². The Morgan fingerprint density at radius 1 is 0.219 bits per heavy atom. The summed E-state index contributed by atoms with van der Waals surface area (Å²) in [5.41, 5.74) is 15.3. The number of fused-ring (bicyclic) bond motifs is 1. The number of hydrogen-bond donors (Lipinski definition) is 0. The lowest BCUT2D eigenvalue weighted by molar-refractivity contribution is 1.22. The molecule has 10 aromatic rings. The highest BCUT2D eigenvalue weighted by atomic mass is 15.2. The summed E-state index contributed by atoms with van der Waals surface area (Å²) >= 11 is 0. The van der Waals surface area contributed by atoms with Gasteiger partial charge in [0.15, 0.2) is 0 Å². The Bertz CT molecular complexity index is 3000. The van der Waals surface area contributed by atoms with Crippen LogP contribution >= 0.6 is 0 Å². The molecular formula is C60H48N4. The van der Waals surface area contributed by atoms with Crippen molar-refractivity contribution in [3.8, 4) is 0 Å². The summed E-state index contributed by atoms with van der Waals surface area (Å²) in [4.78, 5) is 9.45. The molecule has 64 heavy (non-hydrogen) atoms. The first kappa shape index (κ1) is 39.8. The average molecular weight is 825 g/mol. The second-order valence-corrected chi connectivity index (χ2v) is 16.0. The summed E-state index contributed by atoms with van der Waals surface area (Å²) in [7, 11) is 0. The van der Waals surface area contributed by atoms with E-state index in [-0.39, 0.29) is 0 Å². The van der Waals surface area contributed by atoms with Gasteiger partial charge in [-0.15, -0.1) is 0 Å². The van der Waals surface area contributed by atoms with Crippen LogP contribution in [0.15, 0.2) is 255 Å². The molecule has 308 valence electrons. The van der Waals surface area contributed by atoms with Gasteiger partial charge in [0.25, 0.3) is 0 Å². The minimum atomic E-state index is 1.05. The van der Waals surface area contributed by atoms with Crippen molar-refractivity contribution in [3.05, 3.63) is 266 Å². The Kier molecular flexibility index (Phi) is 11.2. The molecule has 0 saturated carbocycles. The molecule has 0 heterocycles. The molecule has 0 aliphatic rings. The van der Waals surface area contributed by atoms with Gasteiger partial charge in [-0.05, 0) is 147 Å². The standard InChI is InChI=1S/C60H48N4/c1-45-27-32-54(33-28-45)63(55-40-36-52(37-41-55)61(48-18-7-3-8-19-48)49-20-9-4-10-21-49)59-44-31-47-17-15-16-26-58(47)60(59)64(56-34-29-46(2)30-35-56)57-42-38-53(39-43-57)62(50-22-11-5-12-23-50)51-24-13-6-14-25-51/h3-44H,1-2H3. The minimum absolute atomic E-state index is 1.05. The number of rotatable bonds is 12. The Hall–Kier alpha value is -8.34. The molecule has 0 saturated heterocycles. The SMILES string of the molecule is Cc1ccc(N(c2ccc(N(c3ccccc3)c3ccccc3)cc2)c2ccc3ccccc3c2N(c2ccc(C)cc2)c2ccc(N(c3ccccc3)c3ccccc3)cc2)cc1. The molecule has 0 fully saturated rings. The van der Waals surface area contributed by atoms with Gasteiger partial charge < -0.3 is 19.6 Å². The first-order chi connectivity index (χ1) is 31.6. The molecule has 0 aromatic heterocycles. The van der Waals surface area contributed by atoms with Crippen LogP contribution in [0.5, 0.6) is 0 Å². The van der Waals surface area contributed by atoms with E-state index < -0.39 is 0 Å². The molecule has 4 heteroatoms. The Morgan fingerprint density at radius 2 is 0.500 bits per heavy atom. The van der Waals surface area contributed by atoms with Crippen molar-refractivity contribution in [2.45, 2.75) is 13.8 Å². The van der Waals surface area contributed by atoms with Crippen LogP contribution in [0, 0.1) is 13.8 Å². The first-order valence-electron chi connectivity index (χ1n) is 21.8. The van der Waals surface area contributed by atoms with E-state index in [9.17, 15) is 0 Å². The second-order valence-electron chi connectivity index (χ2n) is 16.0. The third-order valence-electron chi connectivity index (χ3n) is 11.7. The van der Waals surface area contributed by atoms with E-state index in [2.05, 4.69) is 288 Å². The van der Waals surface area contributed by atoms with Crippen LogP contribution in [-0.4, -0.2) is 0 Å². The molecular weight excluding hydrogens is 777 g/mol.